The van der Waals surface area contributed by atoms with Crippen LogP contribution in [-0.2, 0) is 0 Å². The molecule has 1 fully saturated rings. The van der Waals surface area contributed by atoms with Crippen LogP contribution < -0.4 is 5.32 Å². The predicted molar refractivity (Wildman–Crippen MR) is 61.8 cm³/mol. The lowest BCUT2D eigenvalue weighted by Gasteiger charge is -2.18. The van der Waals surface area contributed by atoms with Crippen molar-refractivity contribution in [1.82, 2.24) is 10.2 Å². The van der Waals surface area contributed by atoms with E-state index in [-0.39, 0.29) is 6.10 Å². The number of aliphatic hydroxyl groups excluding tert-OH is 1. The zero-order valence-electron chi connectivity index (χ0n) is 9.10. The van der Waals surface area contributed by atoms with E-state index < -0.39 is 0 Å². The summed E-state index contributed by atoms with van der Waals surface area (Å²) in [6.07, 6.45) is 10.7. The fourth-order valence-electron chi connectivity index (χ4n) is 2.13. The van der Waals surface area contributed by atoms with Gasteiger partial charge in [-0.2, -0.15) is 0 Å². The monoisotopic (exact) mass is 208 g/mol. The van der Waals surface area contributed by atoms with Gasteiger partial charge in [0.2, 0.25) is 0 Å². The van der Waals surface area contributed by atoms with Gasteiger partial charge in [-0.15, -0.1) is 0 Å². The van der Waals surface area contributed by atoms with Gasteiger partial charge in [0.25, 0.3) is 0 Å². The highest BCUT2D eigenvalue weighted by atomic mass is 16.3. The summed E-state index contributed by atoms with van der Waals surface area (Å²) >= 11 is 0. The average molecular weight is 208 g/mol. The van der Waals surface area contributed by atoms with Crippen molar-refractivity contribution >= 4 is 0 Å². The molecule has 0 aromatic rings. The first-order valence-corrected chi connectivity index (χ1v) is 5.82. The first kappa shape index (κ1) is 10.9. The fraction of sp³-hybridized carbons (Fsp3) is 0.667. The van der Waals surface area contributed by atoms with Gasteiger partial charge in [0.15, 0.2) is 0 Å². The first-order valence-electron chi connectivity index (χ1n) is 5.82. The number of hydrogen-bond acceptors (Lipinski definition) is 3. The maximum absolute atomic E-state index is 9.36. The van der Waals surface area contributed by atoms with Crippen LogP contribution >= 0.6 is 0 Å². The number of aliphatic hydroxyl groups is 1. The van der Waals surface area contributed by atoms with Gasteiger partial charge < -0.3 is 10.4 Å². The Kier molecular flexibility index (Phi) is 3.94. The lowest BCUT2D eigenvalue weighted by atomic mass is 10.1. The Bertz CT molecular complexity index is 238. The van der Waals surface area contributed by atoms with Gasteiger partial charge in [-0.05, 0) is 12.8 Å². The molecule has 1 saturated heterocycles. The van der Waals surface area contributed by atoms with Gasteiger partial charge in [0, 0.05) is 32.2 Å². The van der Waals surface area contributed by atoms with E-state index in [1.807, 2.05) is 0 Å². The van der Waals surface area contributed by atoms with Crippen LogP contribution in [0.25, 0.3) is 0 Å². The topological polar surface area (TPSA) is 35.5 Å². The minimum atomic E-state index is -0.0977. The Morgan fingerprint density at radius 1 is 1.33 bits per heavy atom. The van der Waals surface area contributed by atoms with Crippen molar-refractivity contribution in [3.63, 3.8) is 0 Å². The second-order valence-corrected chi connectivity index (χ2v) is 4.32. The molecule has 3 nitrogen and oxygen atoms in total. The van der Waals surface area contributed by atoms with Crippen LogP contribution in [0, 0.1) is 0 Å². The molecular weight excluding hydrogens is 188 g/mol. The zero-order valence-corrected chi connectivity index (χ0v) is 9.10. The van der Waals surface area contributed by atoms with Crippen molar-refractivity contribution in [3.05, 3.63) is 24.3 Å². The van der Waals surface area contributed by atoms with E-state index in [1.165, 1.54) is 0 Å². The molecule has 0 spiro atoms. The molecule has 1 heterocycles. The average Bonchev–Trinajstić information content (AvgIpc) is 2.66. The van der Waals surface area contributed by atoms with Gasteiger partial charge in [0.05, 0.1) is 6.10 Å². The number of likely N-dealkylation sites (tertiary alicyclic amines) is 1. The number of hydrogen-bond donors (Lipinski definition) is 2. The van der Waals surface area contributed by atoms with Crippen LogP contribution in [0.5, 0.6) is 0 Å². The largest absolute Gasteiger partial charge is 0.392 e. The van der Waals surface area contributed by atoms with E-state index in [4.69, 9.17) is 0 Å². The molecule has 1 atom stereocenters. The fourth-order valence-corrected chi connectivity index (χ4v) is 2.13. The Balaban J connectivity index is 1.60. The van der Waals surface area contributed by atoms with Crippen molar-refractivity contribution in [3.8, 4) is 0 Å². The van der Waals surface area contributed by atoms with Crippen molar-refractivity contribution in [2.45, 2.75) is 25.0 Å². The number of allylic oxidation sites excluding steroid dienone is 2. The SMILES string of the molecule is OC1CCN(CCNC2C=CCC=C2)C1. The molecule has 1 aliphatic carbocycles. The minimum absolute atomic E-state index is 0.0977. The third kappa shape index (κ3) is 3.45. The normalized spacial score (nSPS) is 27.7. The third-order valence-electron chi connectivity index (χ3n) is 3.01. The molecule has 0 bridgehead atoms. The van der Waals surface area contributed by atoms with E-state index in [1.54, 1.807) is 0 Å². The number of β-amino-alcohol motifs (C(OH)–C–C–N with tert-alkyl or cyclic N) is 1. The molecule has 0 aromatic carbocycles. The van der Waals surface area contributed by atoms with Crippen LogP contribution in [-0.4, -0.2) is 48.3 Å². The highest BCUT2D eigenvalue weighted by Crippen LogP contribution is 2.07. The molecule has 0 aromatic heterocycles. The van der Waals surface area contributed by atoms with E-state index in [9.17, 15) is 5.11 Å². The van der Waals surface area contributed by atoms with Gasteiger partial charge in [0.1, 0.15) is 0 Å². The molecular formula is C12H20N2O. The Morgan fingerprint density at radius 2 is 2.13 bits per heavy atom. The molecule has 84 valence electrons. The van der Waals surface area contributed by atoms with E-state index in [2.05, 4.69) is 34.5 Å². The first-order chi connectivity index (χ1) is 7.34. The molecule has 2 N–H and O–H groups in total. The summed E-state index contributed by atoms with van der Waals surface area (Å²) in [4.78, 5) is 2.31. The molecule has 3 heteroatoms. The third-order valence-corrected chi connectivity index (χ3v) is 3.01. The summed E-state index contributed by atoms with van der Waals surface area (Å²) in [5, 5.41) is 12.8. The predicted octanol–water partition coefficient (Wildman–Crippen LogP) is 0.527. The van der Waals surface area contributed by atoms with E-state index in [0.717, 1.165) is 39.0 Å². The van der Waals surface area contributed by atoms with Crippen molar-refractivity contribution < 1.29 is 5.11 Å². The minimum Gasteiger partial charge on any atom is -0.392 e. The molecule has 2 aliphatic rings. The van der Waals surface area contributed by atoms with Crippen LogP contribution in [0.2, 0.25) is 0 Å². The molecule has 0 radical (unpaired) electrons. The molecule has 0 saturated carbocycles. The standard InChI is InChI=1S/C12H20N2O/c15-12-6-8-14(10-12)9-7-13-11-4-2-1-3-5-11/h2-5,11-13,15H,1,6-10H2. The van der Waals surface area contributed by atoms with Gasteiger partial charge in [-0.1, -0.05) is 24.3 Å². The van der Waals surface area contributed by atoms with Gasteiger partial charge in [-0.3, -0.25) is 4.90 Å². The summed E-state index contributed by atoms with van der Waals surface area (Å²) in [5.74, 6) is 0. The van der Waals surface area contributed by atoms with E-state index in [0.29, 0.717) is 6.04 Å². The van der Waals surface area contributed by atoms with Gasteiger partial charge >= 0.3 is 0 Å². The summed E-state index contributed by atoms with van der Waals surface area (Å²) < 4.78 is 0. The highest BCUT2D eigenvalue weighted by Gasteiger charge is 2.19. The summed E-state index contributed by atoms with van der Waals surface area (Å²) in [6.45, 7) is 3.92. The summed E-state index contributed by atoms with van der Waals surface area (Å²) in [5.41, 5.74) is 0. The Hall–Kier alpha value is -0.640. The van der Waals surface area contributed by atoms with E-state index >= 15 is 0 Å². The number of rotatable bonds is 4. The summed E-state index contributed by atoms with van der Waals surface area (Å²) in [7, 11) is 0. The highest BCUT2D eigenvalue weighted by molar-refractivity contribution is 5.12. The van der Waals surface area contributed by atoms with Crippen molar-refractivity contribution in [2.24, 2.45) is 0 Å². The lowest BCUT2D eigenvalue weighted by molar-refractivity contribution is 0.176. The smallest absolute Gasteiger partial charge is 0.0679 e. The van der Waals surface area contributed by atoms with Crippen molar-refractivity contribution in [2.75, 3.05) is 26.2 Å². The summed E-state index contributed by atoms with van der Waals surface area (Å²) in [6, 6.07) is 0.409. The van der Waals surface area contributed by atoms with Crippen LogP contribution in [0.15, 0.2) is 24.3 Å². The van der Waals surface area contributed by atoms with Gasteiger partial charge in [-0.25, -0.2) is 0 Å². The van der Waals surface area contributed by atoms with Crippen molar-refractivity contribution in [1.29, 1.82) is 0 Å². The maximum atomic E-state index is 9.36. The number of nitrogens with zero attached hydrogens (tertiary/aromatic N) is 1. The lowest BCUT2D eigenvalue weighted by Crippen LogP contribution is -2.35. The molecule has 15 heavy (non-hydrogen) atoms. The van der Waals surface area contributed by atoms with Crippen LogP contribution in [0.3, 0.4) is 0 Å². The second-order valence-electron chi connectivity index (χ2n) is 4.32. The molecule has 1 aliphatic heterocycles. The van der Waals surface area contributed by atoms with Crippen LogP contribution in [0.4, 0.5) is 0 Å². The molecule has 2 rings (SSSR count). The Morgan fingerprint density at radius 3 is 2.80 bits per heavy atom. The maximum Gasteiger partial charge on any atom is 0.0679 e. The Labute approximate surface area is 91.5 Å². The van der Waals surface area contributed by atoms with Crippen LogP contribution in [0.1, 0.15) is 12.8 Å². The number of nitrogens with one attached hydrogen (secondary N) is 1. The quantitative estimate of drug-likeness (QED) is 0.661. The second kappa shape index (κ2) is 5.45. The molecule has 0 amide bonds. The zero-order chi connectivity index (χ0) is 10.5. The molecule has 1 unspecified atom stereocenters.